The van der Waals surface area contributed by atoms with Gasteiger partial charge in [-0.2, -0.15) is 26.3 Å². The van der Waals surface area contributed by atoms with Crippen molar-refractivity contribution in [1.82, 2.24) is 14.8 Å². The Morgan fingerprint density at radius 1 is 0.547 bits per heavy atom. The molecule has 380 valence electrons. The maximum absolute atomic E-state index is 13.2. The van der Waals surface area contributed by atoms with Crippen LogP contribution in [-0.4, -0.2) is 33.8 Å². The predicted molar refractivity (Wildman–Crippen MR) is 288 cm³/mol. The number of benzene rings is 8. The quantitative estimate of drug-likeness (QED) is 0.117. The first kappa shape index (κ1) is 52.1. The number of para-hydroxylation sites is 1. The smallest absolute Gasteiger partial charge is 0.399 e. The van der Waals surface area contributed by atoms with Crippen LogP contribution in [0.15, 0.2) is 200 Å². The highest BCUT2D eigenvalue weighted by Crippen LogP contribution is 2.34. The van der Waals surface area contributed by atoms with E-state index in [9.17, 15) is 31.1 Å². The summed E-state index contributed by atoms with van der Waals surface area (Å²) in [5.41, 5.74) is 17.9. The second kappa shape index (κ2) is 23.2. The van der Waals surface area contributed by atoms with Crippen molar-refractivity contribution in [3.05, 3.63) is 255 Å². The molecule has 3 heterocycles. The molecule has 2 aliphatic rings. The van der Waals surface area contributed by atoms with Crippen molar-refractivity contribution in [3.8, 4) is 22.3 Å². The SMILES string of the molecule is FC(F)(F)c1ccc(-c2ccccc2)cc1.Nc1ccc2c(c1)CCN(Cc1ccc3ccccc3n1)C2.O=C(Nc1ccc2c(c1)CCN(Cc1cccc(Cl)c1)C2)c1ccccc1-c1ccc(C(F)(F)F)cc1. The summed E-state index contributed by atoms with van der Waals surface area (Å²) < 4.78 is 75.8. The van der Waals surface area contributed by atoms with Crippen LogP contribution < -0.4 is 11.1 Å². The highest BCUT2D eigenvalue weighted by molar-refractivity contribution is 6.30. The van der Waals surface area contributed by atoms with Crippen LogP contribution in [0.25, 0.3) is 33.2 Å². The maximum atomic E-state index is 13.2. The Balaban J connectivity index is 0.000000153. The van der Waals surface area contributed by atoms with Crippen LogP contribution in [0.5, 0.6) is 0 Å². The Hall–Kier alpha value is -7.77. The van der Waals surface area contributed by atoms with Gasteiger partial charge in [0, 0.05) is 66.6 Å². The molecule has 6 nitrogen and oxygen atoms in total. The Morgan fingerprint density at radius 3 is 1.81 bits per heavy atom. The summed E-state index contributed by atoms with van der Waals surface area (Å²) in [6, 6.07) is 58.9. The number of aromatic nitrogens is 1. The molecule has 0 saturated carbocycles. The Labute approximate surface area is 437 Å². The minimum absolute atomic E-state index is 0.311. The van der Waals surface area contributed by atoms with Gasteiger partial charge < -0.3 is 11.1 Å². The molecule has 0 radical (unpaired) electrons. The fraction of sp³-hybridized carbons (Fsp3) is 0.161. The number of carbonyl (C=O) groups is 1. The van der Waals surface area contributed by atoms with Gasteiger partial charge in [-0.25, -0.2) is 0 Å². The number of nitrogens with two attached hydrogens (primary N) is 1. The van der Waals surface area contributed by atoms with E-state index < -0.39 is 23.5 Å². The lowest BCUT2D eigenvalue weighted by atomic mass is 9.97. The van der Waals surface area contributed by atoms with Gasteiger partial charge in [-0.05, 0) is 142 Å². The molecule has 9 aromatic rings. The largest absolute Gasteiger partial charge is 0.416 e. The van der Waals surface area contributed by atoms with E-state index in [0.717, 1.165) is 109 Å². The summed E-state index contributed by atoms with van der Waals surface area (Å²) in [6.45, 7) is 5.46. The standard InChI is InChI=1S/C30H24ClF3N2O.C19H19N3.C13H9F3/c31-25-5-3-4-20(16-25)18-36-15-14-22-17-26(13-10-23(22)19-36)35-29(37)28-7-2-1-6-27(28)21-8-11-24(12-9-21)30(32,33)34;20-17-7-5-16-12-22(10-9-15(16)11-17)13-18-8-6-14-3-1-2-4-19(14)21-18;14-13(15,16)12-8-6-11(7-9-12)10-4-2-1-3-5-10/h1-13,16-17H,14-15,18-19H2,(H,35,37);1-8,11H,9-10,12-13,20H2;1-9H. The lowest BCUT2D eigenvalue weighted by Gasteiger charge is -2.29. The second-order valence-corrected chi connectivity index (χ2v) is 19.0. The van der Waals surface area contributed by atoms with Crippen molar-refractivity contribution >= 4 is 39.8 Å². The fourth-order valence-corrected chi connectivity index (χ4v) is 9.57. The number of alkyl halides is 6. The molecule has 0 spiro atoms. The van der Waals surface area contributed by atoms with E-state index in [2.05, 4.69) is 63.6 Å². The number of hydrogen-bond donors (Lipinski definition) is 2. The van der Waals surface area contributed by atoms with Crippen LogP contribution in [0.4, 0.5) is 37.7 Å². The first-order valence-electron chi connectivity index (χ1n) is 24.4. The molecule has 11 rings (SSSR count). The van der Waals surface area contributed by atoms with Gasteiger partial charge in [0.25, 0.3) is 5.91 Å². The van der Waals surface area contributed by atoms with Crippen LogP contribution in [-0.2, 0) is 51.4 Å². The van der Waals surface area contributed by atoms with Gasteiger partial charge in [-0.15, -0.1) is 0 Å². The first-order valence-corrected chi connectivity index (χ1v) is 24.8. The molecule has 0 atom stereocenters. The number of nitrogens with zero attached hydrogens (tertiary/aromatic N) is 3. The van der Waals surface area contributed by atoms with E-state index in [0.29, 0.717) is 22.4 Å². The summed E-state index contributed by atoms with van der Waals surface area (Å²) in [5.74, 6) is -0.311. The zero-order chi connectivity index (χ0) is 52.5. The summed E-state index contributed by atoms with van der Waals surface area (Å²) >= 11 is 6.12. The van der Waals surface area contributed by atoms with E-state index in [1.54, 1.807) is 24.3 Å². The third-order valence-electron chi connectivity index (χ3n) is 13.2. The van der Waals surface area contributed by atoms with E-state index in [1.807, 2.05) is 78.9 Å². The normalized spacial score (nSPS) is 13.6. The minimum atomic E-state index is -4.41. The highest BCUT2D eigenvalue weighted by atomic mass is 35.5. The van der Waals surface area contributed by atoms with Crippen molar-refractivity contribution in [2.75, 3.05) is 24.1 Å². The molecule has 0 fully saturated rings. The summed E-state index contributed by atoms with van der Waals surface area (Å²) in [4.78, 5) is 22.8. The molecular formula is C62H52ClF6N5O. The van der Waals surface area contributed by atoms with Crippen LogP contribution >= 0.6 is 11.6 Å². The highest BCUT2D eigenvalue weighted by Gasteiger charge is 2.31. The van der Waals surface area contributed by atoms with Gasteiger partial charge >= 0.3 is 12.4 Å². The van der Waals surface area contributed by atoms with E-state index in [-0.39, 0.29) is 5.91 Å². The van der Waals surface area contributed by atoms with Crippen LogP contribution in [0.2, 0.25) is 5.02 Å². The van der Waals surface area contributed by atoms with Gasteiger partial charge in [0.2, 0.25) is 0 Å². The fourth-order valence-electron chi connectivity index (χ4n) is 9.36. The topological polar surface area (TPSA) is 74.5 Å². The monoisotopic (exact) mass is 1030 g/mol. The number of amides is 1. The lowest BCUT2D eigenvalue weighted by molar-refractivity contribution is -0.138. The molecule has 8 aromatic carbocycles. The Morgan fingerprint density at radius 2 is 1.13 bits per heavy atom. The van der Waals surface area contributed by atoms with Crippen molar-refractivity contribution in [2.24, 2.45) is 0 Å². The van der Waals surface area contributed by atoms with E-state index >= 15 is 0 Å². The third kappa shape index (κ3) is 13.7. The lowest BCUT2D eigenvalue weighted by Crippen LogP contribution is -2.30. The molecule has 13 heteroatoms. The summed E-state index contributed by atoms with van der Waals surface area (Å²) in [6.07, 6.45) is -6.75. The molecule has 2 aliphatic heterocycles. The zero-order valence-corrected chi connectivity index (χ0v) is 41.4. The maximum Gasteiger partial charge on any atom is 0.416 e. The molecule has 1 aromatic heterocycles. The number of pyridine rings is 1. The molecule has 0 bridgehead atoms. The van der Waals surface area contributed by atoms with Gasteiger partial charge in [0.05, 0.1) is 22.3 Å². The van der Waals surface area contributed by atoms with E-state index in [1.165, 1.54) is 57.5 Å². The third-order valence-corrected chi connectivity index (χ3v) is 13.5. The number of halogens is 7. The zero-order valence-electron chi connectivity index (χ0n) is 40.7. The minimum Gasteiger partial charge on any atom is -0.399 e. The number of carbonyl (C=O) groups excluding carboxylic acids is 1. The van der Waals surface area contributed by atoms with Crippen LogP contribution in [0.1, 0.15) is 55.0 Å². The number of anilines is 2. The number of hydrogen-bond acceptors (Lipinski definition) is 5. The number of nitrogen functional groups attached to an aromatic ring is 1. The van der Waals surface area contributed by atoms with Gasteiger partial charge in [0.1, 0.15) is 0 Å². The first-order chi connectivity index (χ1) is 36.1. The Kier molecular flexibility index (Phi) is 16.1. The number of rotatable bonds is 8. The summed E-state index contributed by atoms with van der Waals surface area (Å²) in [5, 5.41) is 4.90. The molecule has 0 saturated heterocycles. The van der Waals surface area contributed by atoms with Gasteiger partial charge in [-0.1, -0.05) is 133 Å². The molecule has 1 amide bonds. The number of fused-ring (bicyclic) bond motifs is 3. The van der Waals surface area contributed by atoms with Crippen molar-refractivity contribution in [1.29, 1.82) is 0 Å². The van der Waals surface area contributed by atoms with Crippen molar-refractivity contribution in [3.63, 3.8) is 0 Å². The van der Waals surface area contributed by atoms with Crippen molar-refractivity contribution in [2.45, 2.75) is 51.4 Å². The average Bonchev–Trinajstić information content (AvgIpc) is 3.41. The van der Waals surface area contributed by atoms with Crippen molar-refractivity contribution < 1.29 is 31.1 Å². The van der Waals surface area contributed by atoms with Crippen LogP contribution in [0, 0.1) is 0 Å². The van der Waals surface area contributed by atoms with Gasteiger partial charge in [0.15, 0.2) is 0 Å². The summed E-state index contributed by atoms with van der Waals surface area (Å²) in [7, 11) is 0. The molecular weight excluding hydrogens is 980 g/mol. The number of nitrogens with one attached hydrogen (secondary N) is 1. The van der Waals surface area contributed by atoms with Gasteiger partial charge in [-0.3, -0.25) is 19.6 Å². The molecule has 3 N–H and O–H groups in total. The molecule has 0 unspecified atom stereocenters. The van der Waals surface area contributed by atoms with E-state index in [4.69, 9.17) is 22.3 Å². The molecule has 0 aliphatic carbocycles. The van der Waals surface area contributed by atoms with Crippen LogP contribution in [0.3, 0.4) is 0 Å². The second-order valence-electron chi connectivity index (χ2n) is 18.6. The Bertz CT molecular complexity index is 3400. The molecule has 75 heavy (non-hydrogen) atoms. The predicted octanol–water partition coefficient (Wildman–Crippen LogP) is 15.6. The average molecular weight is 1030 g/mol.